The Morgan fingerprint density at radius 2 is 2.04 bits per heavy atom. The number of hydrogen-bond donors (Lipinski definition) is 2. The number of carbonyl (C=O) groups excluding carboxylic acids is 1. The molecule has 1 amide bonds. The third-order valence-corrected chi connectivity index (χ3v) is 4.73. The molecule has 27 heavy (non-hydrogen) atoms. The quantitative estimate of drug-likeness (QED) is 0.545. The second kappa shape index (κ2) is 6.61. The highest BCUT2D eigenvalue weighted by Crippen LogP contribution is 2.35. The number of anilines is 2. The van der Waals surface area contributed by atoms with Crippen molar-refractivity contribution in [3.8, 4) is 11.3 Å². The van der Waals surface area contributed by atoms with Crippen molar-refractivity contribution in [1.82, 2.24) is 19.4 Å². The number of pyridine rings is 1. The summed E-state index contributed by atoms with van der Waals surface area (Å²) in [5.74, 6) is -0.244. The van der Waals surface area contributed by atoms with Gasteiger partial charge in [-0.15, -0.1) is 5.10 Å². The molecule has 0 unspecified atom stereocenters. The van der Waals surface area contributed by atoms with E-state index in [-0.39, 0.29) is 11.7 Å². The largest absolute Gasteiger partial charge is 0.382 e. The van der Waals surface area contributed by atoms with Gasteiger partial charge in [-0.2, -0.15) is 5.10 Å². The van der Waals surface area contributed by atoms with E-state index in [1.165, 1.54) is 0 Å². The fourth-order valence-corrected chi connectivity index (χ4v) is 3.34. The zero-order chi connectivity index (χ0) is 19.1. The predicted molar refractivity (Wildman–Crippen MR) is 106 cm³/mol. The summed E-state index contributed by atoms with van der Waals surface area (Å²) in [4.78, 5) is 12.9. The van der Waals surface area contributed by atoms with Crippen LogP contribution >= 0.6 is 23.2 Å². The molecule has 1 aromatic carbocycles. The molecule has 0 aliphatic rings. The number of fused-ring (bicyclic) bond motifs is 1. The molecule has 0 saturated heterocycles. The lowest BCUT2D eigenvalue weighted by Gasteiger charge is -2.10. The zero-order valence-electron chi connectivity index (χ0n) is 14.1. The van der Waals surface area contributed by atoms with Crippen LogP contribution < -0.4 is 11.1 Å². The first-order valence-corrected chi connectivity index (χ1v) is 8.73. The summed E-state index contributed by atoms with van der Waals surface area (Å²) in [5.41, 5.74) is 8.64. The van der Waals surface area contributed by atoms with Crippen molar-refractivity contribution in [2.24, 2.45) is 7.05 Å². The second-order valence-electron chi connectivity index (χ2n) is 5.90. The Balaban J connectivity index is 1.77. The van der Waals surface area contributed by atoms with Gasteiger partial charge in [0.05, 0.1) is 28.1 Å². The van der Waals surface area contributed by atoms with Crippen molar-refractivity contribution in [3.05, 3.63) is 64.4 Å². The molecule has 0 aliphatic heterocycles. The highest BCUT2D eigenvalue weighted by atomic mass is 35.5. The van der Waals surface area contributed by atoms with Crippen molar-refractivity contribution >= 4 is 46.1 Å². The summed E-state index contributed by atoms with van der Waals surface area (Å²) < 4.78 is 3.18. The zero-order valence-corrected chi connectivity index (χ0v) is 15.7. The number of aromatic nitrogens is 4. The van der Waals surface area contributed by atoms with Gasteiger partial charge in [-0.25, -0.2) is 4.52 Å². The van der Waals surface area contributed by atoms with Crippen molar-refractivity contribution in [1.29, 1.82) is 0 Å². The maximum atomic E-state index is 12.9. The van der Waals surface area contributed by atoms with Crippen LogP contribution in [0, 0.1) is 0 Å². The van der Waals surface area contributed by atoms with Crippen LogP contribution in [0.1, 0.15) is 10.4 Å². The van der Waals surface area contributed by atoms with Crippen LogP contribution in [0.3, 0.4) is 0 Å². The Kier molecular flexibility index (Phi) is 4.25. The van der Waals surface area contributed by atoms with Crippen molar-refractivity contribution in [2.75, 3.05) is 11.1 Å². The molecule has 3 N–H and O–H groups in total. The molecule has 4 rings (SSSR count). The van der Waals surface area contributed by atoms with Crippen LogP contribution in [0.15, 0.2) is 48.8 Å². The van der Waals surface area contributed by atoms with Crippen LogP contribution in [0.25, 0.3) is 16.8 Å². The first kappa shape index (κ1) is 17.4. The number of carbonyl (C=O) groups is 1. The molecule has 0 bridgehead atoms. The number of rotatable bonds is 3. The van der Waals surface area contributed by atoms with E-state index in [4.69, 9.17) is 28.9 Å². The minimum atomic E-state index is -0.388. The number of nitrogens with zero attached hydrogens (tertiary/aromatic N) is 4. The molecule has 9 heteroatoms. The minimum Gasteiger partial charge on any atom is -0.382 e. The molecule has 7 nitrogen and oxygen atoms in total. The molecule has 136 valence electrons. The van der Waals surface area contributed by atoms with Gasteiger partial charge in [0.25, 0.3) is 5.91 Å². The summed E-state index contributed by atoms with van der Waals surface area (Å²) in [7, 11) is 1.76. The highest BCUT2D eigenvalue weighted by Gasteiger charge is 2.21. The SMILES string of the molecule is Cn1ncc(NC(=O)c2c(N)nn3ccccc23)c1-c1cc(Cl)ccc1Cl. The Morgan fingerprint density at radius 3 is 2.85 bits per heavy atom. The maximum absolute atomic E-state index is 12.9. The third kappa shape index (κ3) is 3.01. The predicted octanol–water partition coefficient (Wildman–Crippen LogP) is 3.88. The number of halogens is 2. The molecule has 0 atom stereocenters. The van der Waals surface area contributed by atoms with Crippen LogP contribution in [0.2, 0.25) is 10.0 Å². The van der Waals surface area contributed by atoms with Gasteiger partial charge in [0, 0.05) is 23.8 Å². The number of nitrogen functional groups attached to an aromatic ring is 1. The second-order valence-corrected chi connectivity index (χ2v) is 6.74. The number of nitrogens with two attached hydrogens (primary N) is 1. The fourth-order valence-electron chi connectivity index (χ4n) is 2.96. The third-order valence-electron chi connectivity index (χ3n) is 4.16. The van der Waals surface area contributed by atoms with Crippen LogP contribution in [0.4, 0.5) is 11.5 Å². The smallest absolute Gasteiger partial charge is 0.261 e. The van der Waals surface area contributed by atoms with Gasteiger partial charge in [0.2, 0.25) is 0 Å². The van der Waals surface area contributed by atoms with Crippen molar-refractivity contribution < 1.29 is 4.79 Å². The lowest BCUT2D eigenvalue weighted by molar-refractivity contribution is 0.102. The van der Waals surface area contributed by atoms with Gasteiger partial charge in [-0.1, -0.05) is 29.3 Å². The van der Waals surface area contributed by atoms with E-state index >= 15 is 0 Å². The van der Waals surface area contributed by atoms with E-state index in [1.807, 2.05) is 12.1 Å². The molecule has 4 aromatic rings. The standard InChI is InChI=1S/C18H14Cl2N6O/c1-25-16(11-8-10(19)5-6-12(11)20)13(9-22-25)23-18(27)15-14-4-2-3-7-26(14)24-17(15)21/h2-9H,1H3,(H2,21,24)(H,23,27). The van der Waals surface area contributed by atoms with Crippen molar-refractivity contribution in [3.63, 3.8) is 0 Å². The lowest BCUT2D eigenvalue weighted by Crippen LogP contribution is -2.14. The van der Waals surface area contributed by atoms with E-state index in [1.54, 1.807) is 52.9 Å². The van der Waals surface area contributed by atoms with Crippen LogP contribution in [-0.2, 0) is 7.05 Å². The Labute approximate surface area is 164 Å². The van der Waals surface area contributed by atoms with Gasteiger partial charge in [-0.05, 0) is 30.3 Å². The first-order chi connectivity index (χ1) is 13.0. The fraction of sp³-hybridized carbons (Fsp3) is 0.0556. The van der Waals surface area contributed by atoms with Crippen LogP contribution in [0.5, 0.6) is 0 Å². The summed E-state index contributed by atoms with van der Waals surface area (Å²) in [6.45, 7) is 0. The summed E-state index contributed by atoms with van der Waals surface area (Å²) in [6, 6.07) is 10.5. The molecule has 3 heterocycles. The molecule has 0 spiro atoms. The molecule has 0 aliphatic carbocycles. The minimum absolute atomic E-state index is 0.143. The number of aryl methyl sites for hydroxylation is 1. The Hall–Kier alpha value is -3.03. The number of hydrogen-bond acceptors (Lipinski definition) is 4. The summed E-state index contributed by atoms with van der Waals surface area (Å²) >= 11 is 12.4. The monoisotopic (exact) mass is 400 g/mol. The number of benzene rings is 1. The first-order valence-electron chi connectivity index (χ1n) is 7.97. The normalized spacial score (nSPS) is 11.1. The molecular formula is C18H14Cl2N6O. The Morgan fingerprint density at radius 1 is 1.22 bits per heavy atom. The van der Waals surface area contributed by atoms with Crippen LogP contribution in [-0.4, -0.2) is 25.3 Å². The average Bonchev–Trinajstić information content (AvgIpc) is 3.16. The maximum Gasteiger partial charge on any atom is 0.261 e. The van der Waals surface area contributed by atoms with Gasteiger partial charge in [0.15, 0.2) is 5.82 Å². The topological polar surface area (TPSA) is 90.2 Å². The van der Waals surface area contributed by atoms with E-state index in [0.717, 1.165) is 0 Å². The van der Waals surface area contributed by atoms with Crippen molar-refractivity contribution in [2.45, 2.75) is 0 Å². The van der Waals surface area contributed by atoms with Gasteiger partial charge >= 0.3 is 0 Å². The molecule has 0 radical (unpaired) electrons. The summed E-state index contributed by atoms with van der Waals surface area (Å²) in [6.07, 6.45) is 3.27. The lowest BCUT2D eigenvalue weighted by atomic mass is 10.1. The van der Waals surface area contributed by atoms with Gasteiger partial charge in [-0.3, -0.25) is 9.48 Å². The summed E-state index contributed by atoms with van der Waals surface area (Å²) in [5, 5.41) is 12.3. The van der Waals surface area contributed by atoms with E-state index in [9.17, 15) is 4.79 Å². The Bertz CT molecular complexity index is 1180. The highest BCUT2D eigenvalue weighted by molar-refractivity contribution is 6.35. The van der Waals surface area contributed by atoms with E-state index in [2.05, 4.69) is 15.5 Å². The van der Waals surface area contributed by atoms with Gasteiger partial charge in [0.1, 0.15) is 5.56 Å². The van der Waals surface area contributed by atoms with Gasteiger partial charge < -0.3 is 11.1 Å². The number of amides is 1. The molecule has 0 saturated carbocycles. The average molecular weight is 401 g/mol. The molecule has 3 aromatic heterocycles. The molecular weight excluding hydrogens is 387 g/mol. The molecule has 0 fully saturated rings. The number of nitrogens with one attached hydrogen (secondary N) is 1. The van der Waals surface area contributed by atoms with E-state index < -0.39 is 0 Å². The van der Waals surface area contributed by atoms with E-state index in [0.29, 0.717) is 38.1 Å².